The Balaban J connectivity index is 1.99. The van der Waals surface area contributed by atoms with Crippen LogP contribution < -0.4 is 11.2 Å². The van der Waals surface area contributed by atoms with E-state index in [-0.39, 0.29) is 10.5 Å². The average molecular weight is 368 g/mol. The minimum atomic E-state index is -4.12. The van der Waals surface area contributed by atoms with Gasteiger partial charge in [-0.05, 0) is 36.3 Å². The molecule has 3 N–H and O–H groups in total. The Kier molecular flexibility index (Phi) is 5.65. The predicted octanol–water partition coefficient (Wildman–Crippen LogP) is 1.83. The Morgan fingerprint density at radius 2 is 1.76 bits per heavy atom. The zero-order valence-corrected chi connectivity index (χ0v) is 13.8. The van der Waals surface area contributed by atoms with Crippen LogP contribution in [0.2, 0.25) is 0 Å². The molecule has 0 spiro atoms. The summed E-state index contributed by atoms with van der Waals surface area (Å²) in [7, 11) is -4.12. The van der Waals surface area contributed by atoms with Crippen molar-refractivity contribution in [2.45, 2.75) is 11.8 Å². The molecule has 0 aliphatic rings. The Morgan fingerprint density at radius 3 is 2.36 bits per heavy atom. The second-order valence-corrected chi connectivity index (χ2v) is 6.42. The molecule has 0 fully saturated rings. The van der Waals surface area contributed by atoms with Crippen LogP contribution in [0.25, 0.3) is 0 Å². The number of hydrogen-bond donors (Lipinski definition) is 2. The van der Waals surface area contributed by atoms with E-state index >= 15 is 0 Å². The molecule has 7 nitrogen and oxygen atoms in total. The summed E-state index contributed by atoms with van der Waals surface area (Å²) in [5.74, 6) is -2.00. The van der Waals surface area contributed by atoms with Gasteiger partial charge in [-0.25, -0.2) is 14.2 Å². The van der Waals surface area contributed by atoms with E-state index in [1.54, 1.807) is 19.1 Å². The van der Waals surface area contributed by atoms with Crippen LogP contribution in [-0.2, 0) is 14.4 Å². The Morgan fingerprint density at radius 1 is 1.16 bits per heavy atom. The summed E-state index contributed by atoms with van der Waals surface area (Å²) < 4.78 is 54.2. The molecule has 2 rings (SSSR count). The number of guanidine groups is 1. The van der Waals surface area contributed by atoms with Gasteiger partial charge < -0.3 is 5.73 Å². The lowest BCUT2D eigenvalue weighted by atomic mass is 10.2. The van der Waals surface area contributed by atoms with Gasteiger partial charge in [0.1, 0.15) is 16.5 Å². The Bertz CT molecular complexity index is 893. The first kappa shape index (κ1) is 18.3. The van der Waals surface area contributed by atoms with Crippen LogP contribution in [0.3, 0.4) is 0 Å². The fraction of sp³-hybridized carbons (Fsp3) is 0.0667. The molecule has 0 radical (unpaired) electrons. The molecule has 0 aromatic heterocycles. The van der Waals surface area contributed by atoms with Crippen LogP contribution in [0, 0.1) is 18.6 Å². The topological polar surface area (TPSA) is 106 Å². The van der Waals surface area contributed by atoms with Crippen LogP contribution in [0.4, 0.5) is 8.78 Å². The number of hydrogen-bond acceptors (Lipinski definition) is 5. The van der Waals surface area contributed by atoms with Gasteiger partial charge in [0.25, 0.3) is 5.96 Å². The number of halogens is 2. The smallest absolute Gasteiger partial charge is 0.358 e. The first-order valence-corrected chi connectivity index (χ1v) is 8.26. The highest BCUT2D eigenvalue weighted by Gasteiger charge is 2.15. The molecule has 0 saturated carbocycles. The monoisotopic (exact) mass is 368 g/mol. The van der Waals surface area contributed by atoms with E-state index in [1.165, 1.54) is 12.1 Å². The van der Waals surface area contributed by atoms with Gasteiger partial charge in [-0.1, -0.05) is 17.7 Å². The van der Waals surface area contributed by atoms with Crippen LogP contribution in [-0.4, -0.2) is 20.6 Å². The van der Waals surface area contributed by atoms with Crippen molar-refractivity contribution in [1.29, 1.82) is 0 Å². The maximum atomic E-state index is 13.0. The Labute approximate surface area is 142 Å². The van der Waals surface area contributed by atoms with Crippen molar-refractivity contribution in [3.8, 4) is 0 Å². The maximum absolute atomic E-state index is 13.0. The summed E-state index contributed by atoms with van der Waals surface area (Å²) in [5.41, 5.74) is 8.57. The molecule has 0 atom stereocenters. The minimum absolute atomic E-state index is 0.0895. The number of benzene rings is 2. The maximum Gasteiger partial charge on any atom is 0.358 e. The highest BCUT2D eigenvalue weighted by molar-refractivity contribution is 7.86. The molecular weight excluding hydrogens is 354 g/mol. The van der Waals surface area contributed by atoms with E-state index in [0.717, 1.165) is 23.9 Å². The van der Waals surface area contributed by atoms with Crippen LogP contribution >= 0.6 is 0 Å². The highest BCUT2D eigenvalue weighted by Crippen LogP contribution is 2.13. The molecule has 2 aromatic rings. The zero-order chi connectivity index (χ0) is 18.4. The zero-order valence-electron chi connectivity index (χ0n) is 13.0. The lowest BCUT2D eigenvalue weighted by Crippen LogP contribution is -2.28. The van der Waals surface area contributed by atoms with E-state index in [4.69, 9.17) is 5.73 Å². The number of oxime groups is 1. The number of nitrogens with one attached hydrogen (secondary N) is 1. The number of aryl methyl sites for hydroxylation is 1. The fourth-order valence-corrected chi connectivity index (χ4v) is 2.41. The van der Waals surface area contributed by atoms with Gasteiger partial charge in [-0.3, -0.25) is 4.28 Å². The van der Waals surface area contributed by atoms with E-state index in [2.05, 4.69) is 20.0 Å². The van der Waals surface area contributed by atoms with Crippen molar-refractivity contribution in [3.63, 3.8) is 0 Å². The van der Waals surface area contributed by atoms with Crippen molar-refractivity contribution in [2.75, 3.05) is 0 Å². The second-order valence-electron chi connectivity index (χ2n) is 4.89. The van der Waals surface area contributed by atoms with E-state index in [9.17, 15) is 17.2 Å². The lowest BCUT2D eigenvalue weighted by molar-refractivity contribution is 0.336. The quantitative estimate of drug-likeness (QED) is 0.476. The molecule has 0 bridgehead atoms. The molecule has 25 heavy (non-hydrogen) atoms. The molecular formula is C15H14F2N4O3S. The van der Waals surface area contributed by atoms with Gasteiger partial charge in [-0.2, -0.15) is 13.5 Å². The summed E-state index contributed by atoms with van der Waals surface area (Å²) in [4.78, 5) is -0.0895. The Hall–Kier alpha value is -3.01. The molecule has 0 unspecified atom stereocenters. The van der Waals surface area contributed by atoms with E-state index in [0.29, 0.717) is 6.07 Å². The van der Waals surface area contributed by atoms with Gasteiger partial charge in [-0.15, -0.1) is 0 Å². The van der Waals surface area contributed by atoms with Crippen LogP contribution in [0.15, 0.2) is 57.6 Å². The molecule has 0 aliphatic heterocycles. The van der Waals surface area contributed by atoms with Gasteiger partial charge in [0.05, 0.1) is 6.21 Å². The van der Waals surface area contributed by atoms with Crippen molar-refractivity contribution in [2.24, 2.45) is 16.0 Å². The SMILES string of the molecule is Cc1ccc(S(=O)(=O)ON=C(N)NN=Cc2cc(F)cc(F)c2)cc1. The summed E-state index contributed by atoms with van der Waals surface area (Å²) in [6.07, 6.45) is 1.07. The lowest BCUT2D eigenvalue weighted by Gasteiger charge is -2.03. The molecule has 132 valence electrons. The number of rotatable bonds is 5. The predicted molar refractivity (Wildman–Crippen MR) is 88.2 cm³/mol. The molecule has 0 amide bonds. The van der Waals surface area contributed by atoms with Crippen LogP contribution in [0.1, 0.15) is 11.1 Å². The third kappa shape index (κ3) is 5.53. The molecule has 0 aliphatic carbocycles. The number of nitrogens with two attached hydrogens (primary N) is 1. The third-order valence-corrected chi connectivity index (χ3v) is 3.94. The molecule has 0 saturated heterocycles. The molecule has 0 heterocycles. The molecule has 10 heteroatoms. The summed E-state index contributed by atoms with van der Waals surface area (Å²) in [6.45, 7) is 1.81. The first-order chi connectivity index (χ1) is 11.8. The van der Waals surface area contributed by atoms with E-state index in [1.807, 2.05) is 0 Å². The van der Waals surface area contributed by atoms with Crippen LogP contribution in [0.5, 0.6) is 0 Å². The van der Waals surface area contributed by atoms with Crippen molar-refractivity contribution < 1.29 is 21.5 Å². The van der Waals surface area contributed by atoms with Crippen molar-refractivity contribution in [3.05, 3.63) is 65.2 Å². The second kappa shape index (κ2) is 7.71. The van der Waals surface area contributed by atoms with Gasteiger partial charge in [0, 0.05) is 11.6 Å². The summed E-state index contributed by atoms with van der Waals surface area (Å²) in [5, 5.41) is 6.76. The van der Waals surface area contributed by atoms with Crippen molar-refractivity contribution in [1.82, 2.24) is 5.43 Å². The third-order valence-electron chi connectivity index (χ3n) is 2.82. The van der Waals surface area contributed by atoms with Gasteiger partial charge in [0.15, 0.2) is 0 Å². The molecule has 2 aromatic carbocycles. The van der Waals surface area contributed by atoms with Crippen molar-refractivity contribution >= 4 is 22.3 Å². The number of hydrazone groups is 1. The normalized spacial score (nSPS) is 12.4. The summed E-state index contributed by atoms with van der Waals surface area (Å²) >= 11 is 0. The minimum Gasteiger partial charge on any atom is -0.366 e. The summed E-state index contributed by atoms with van der Waals surface area (Å²) in [6, 6.07) is 8.72. The first-order valence-electron chi connectivity index (χ1n) is 6.85. The fourth-order valence-electron chi connectivity index (χ4n) is 1.68. The number of nitrogens with zero attached hydrogens (tertiary/aromatic N) is 2. The standard InChI is InChI=1S/C15H14F2N4O3S/c1-10-2-4-14(5-3-10)25(22,23)24-21-15(18)20-19-9-11-6-12(16)8-13(17)7-11/h2-9H,1H3,(H3,18,20,21). The van der Waals surface area contributed by atoms with Gasteiger partial charge >= 0.3 is 10.1 Å². The highest BCUT2D eigenvalue weighted by atomic mass is 32.2. The largest absolute Gasteiger partial charge is 0.366 e. The van der Waals surface area contributed by atoms with Gasteiger partial charge in [0.2, 0.25) is 0 Å². The average Bonchev–Trinajstić information content (AvgIpc) is 2.52. The van der Waals surface area contributed by atoms with E-state index < -0.39 is 27.7 Å².